The van der Waals surface area contributed by atoms with Gasteiger partial charge < -0.3 is 0 Å². The van der Waals surface area contributed by atoms with E-state index in [2.05, 4.69) is 15.9 Å². The Morgan fingerprint density at radius 2 is 1.50 bits per heavy atom. The minimum atomic E-state index is -0.702. The third kappa shape index (κ3) is 4.58. The van der Waals surface area contributed by atoms with Crippen LogP contribution in [-0.2, 0) is 9.59 Å². The van der Waals surface area contributed by atoms with Crippen LogP contribution in [0, 0.1) is 5.92 Å². The second-order valence-electron chi connectivity index (χ2n) is 7.42. The molecule has 0 saturated carbocycles. The Balaban J connectivity index is 1.67. The molecule has 0 aromatic heterocycles. The molecular weight excluding hydrogens is 436 g/mol. The van der Waals surface area contributed by atoms with Crippen LogP contribution in [0.1, 0.15) is 29.0 Å². The van der Waals surface area contributed by atoms with Gasteiger partial charge in [0, 0.05) is 10.4 Å². The highest BCUT2D eigenvalue weighted by molar-refractivity contribution is 9.10. The van der Waals surface area contributed by atoms with Crippen LogP contribution in [0.15, 0.2) is 102 Å². The molecule has 30 heavy (non-hydrogen) atoms. The largest absolute Gasteiger partial charge is 0.294 e. The summed E-state index contributed by atoms with van der Waals surface area (Å²) in [5.74, 6) is -1.16. The van der Waals surface area contributed by atoms with Crippen molar-refractivity contribution in [3.8, 4) is 0 Å². The number of halogens is 1. The van der Waals surface area contributed by atoms with Crippen molar-refractivity contribution in [2.75, 3.05) is 0 Å². The van der Waals surface area contributed by atoms with Gasteiger partial charge >= 0.3 is 0 Å². The molecule has 4 rings (SSSR count). The first kappa shape index (κ1) is 20.2. The van der Waals surface area contributed by atoms with Crippen molar-refractivity contribution in [2.24, 2.45) is 5.92 Å². The fourth-order valence-electron chi connectivity index (χ4n) is 3.93. The number of rotatable bonds is 5. The highest BCUT2D eigenvalue weighted by atomic mass is 79.9. The Kier molecular flexibility index (Phi) is 6.20. The predicted molar refractivity (Wildman–Crippen MR) is 125 cm³/mol. The van der Waals surface area contributed by atoms with Crippen molar-refractivity contribution >= 4 is 39.1 Å². The highest BCUT2D eigenvalue weighted by Gasteiger charge is 2.37. The Bertz CT molecular complexity index is 1100. The molecule has 0 fully saturated rings. The van der Waals surface area contributed by atoms with E-state index in [-0.39, 0.29) is 17.5 Å². The summed E-state index contributed by atoms with van der Waals surface area (Å²) in [7, 11) is 0. The Labute approximate surface area is 185 Å². The van der Waals surface area contributed by atoms with E-state index in [9.17, 15) is 9.59 Å². The molecule has 148 valence electrons. The van der Waals surface area contributed by atoms with Gasteiger partial charge in [-0.25, -0.2) is 0 Å². The number of hydrogen-bond acceptors (Lipinski definition) is 2. The van der Waals surface area contributed by atoms with Gasteiger partial charge in [-0.3, -0.25) is 9.59 Å². The van der Waals surface area contributed by atoms with E-state index in [0.29, 0.717) is 6.42 Å². The topological polar surface area (TPSA) is 34.1 Å². The van der Waals surface area contributed by atoms with Gasteiger partial charge in [0.25, 0.3) is 0 Å². The normalized spacial score (nSPS) is 19.0. The van der Waals surface area contributed by atoms with Gasteiger partial charge in [-0.05, 0) is 53.0 Å². The molecule has 3 aromatic carbocycles. The van der Waals surface area contributed by atoms with E-state index >= 15 is 0 Å². The van der Waals surface area contributed by atoms with Gasteiger partial charge in [0.2, 0.25) is 0 Å². The third-order valence-electron chi connectivity index (χ3n) is 5.45. The van der Waals surface area contributed by atoms with Crippen molar-refractivity contribution in [1.29, 1.82) is 0 Å². The standard InChI is InChI=1S/C27H21BrO2/c28-23-14-11-19(12-15-23)13-16-25(29)27-24(21-9-5-2-6-10-21)17-22(18-26(27)30)20-7-3-1-4-8-20/h1-16,18,24,27H,17H2/b16-13+. The molecule has 3 heteroatoms. The Hall–Kier alpha value is -3.04. The second kappa shape index (κ2) is 9.19. The summed E-state index contributed by atoms with van der Waals surface area (Å²) in [5, 5.41) is 0. The molecule has 0 amide bonds. The van der Waals surface area contributed by atoms with Crippen LogP contribution in [0.5, 0.6) is 0 Å². The summed E-state index contributed by atoms with van der Waals surface area (Å²) < 4.78 is 0.983. The van der Waals surface area contributed by atoms with Crippen molar-refractivity contribution in [3.05, 3.63) is 118 Å². The summed E-state index contributed by atoms with van der Waals surface area (Å²) in [6.07, 6.45) is 5.64. The average molecular weight is 457 g/mol. The van der Waals surface area contributed by atoms with Crippen molar-refractivity contribution in [1.82, 2.24) is 0 Å². The molecule has 0 saturated heterocycles. The van der Waals surface area contributed by atoms with Crippen molar-refractivity contribution in [2.45, 2.75) is 12.3 Å². The molecule has 2 atom stereocenters. The minimum absolute atomic E-state index is 0.126. The van der Waals surface area contributed by atoms with Crippen LogP contribution in [0.25, 0.3) is 11.6 Å². The zero-order valence-electron chi connectivity index (χ0n) is 16.4. The van der Waals surface area contributed by atoms with E-state index < -0.39 is 5.92 Å². The summed E-state index contributed by atoms with van der Waals surface area (Å²) >= 11 is 3.41. The fraction of sp³-hybridized carbons (Fsp3) is 0.111. The summed E-state index contributed by atoms with van der Waals surface area (Å²) in [4.78, 5) is 26.3. The lowest BCUT2D eigenvalue weighted by molar-refractivity contribution is -0.128. The molecule has 0 aliphatic heterocycles. The number of allylic oxidation sites excluding steroid dienone is 3. The smallest absolute Gasteiger partial charge is 0.167 e. The molecule has 2 nitrogen and oxygen atoms in total. The lowest BCUT2D eigenvalue weighted by Crippen LogP contribution is -2.31. The molecular formula is C27H21BrO2. The molecule has 0 heterocycles. The van der Waals surface area contributed by atoms with Gasteiger partial charge in [0.1, 0.15) is 0 Å². The quantitative estimate of drug-likeness (QED) is 0.324. The summed E-state index contributed by atoms with van der Waals surface area (Å²) in [6, 6.07) is 27.5. The molecule has 0 N–H and O–H groups in total. The Morgan fingerprint density at radius 1 is 0.867 bits per heavy atom. The maximum Gasteiger partial charge on any atom is 0.167 e. The van der Waals surface area contributed by atoms with Crippen LogP contribution < -0.4 is 0 Å². The van der Waals surface area contributed by atoms with Crippen LogP contribution in [0.4, 0.5) is 0 Å². The Morgan fingerprint density at radius 3 is 2.17 bits per heavy atom. The molecule has 3 aromatic rings. The zero-order chi connectivity index (χ0) is 20.9. The molecule has 1 aliphatic carbocycles. The van der Waals surface area contributed by atoms with E-state index in [1.807, 2.05) is 84.9 Å². The van der Waals surface area contributed by atoms with Gasteiger partial charge in [0.15, 0.2) is 11.6 Å². The van der Waals surface area contributed by atoms with Crippen LogP contribution in [-0.4, -0.2) is 11.6 Å². The lowest BCUT2D eigenvalue weighted by Gasteiger charge is -2.29. The SMILES string of the molecule is O=C1C=C(c2ccccc2)CC(c2ccccc2)C1C(=O)/C=C/c1ccc(Br)cc1. The van der Waals surface area contributed by atoms with Crippen LogP contribution in [0.3, 0.4) is 0 Å². The number of ketones is 2. The first-order valence-corrected chi connectivity index (χ1v) is 10.7. The van der Waals surface area contributed by atoms with Gasteiger partial charge in [-0.15, -0.1) is 0 Å². The first-order valence-electron chi connectivity index (χ1n) is 9.94. The maximum atomic E-state index is 13.1. The molecule has 0 bridgehead atoms. The number of hydrogen-bond donors (Lipinski definition) is 0. The van der Waals surface area contributed by atoms with Gasteiger partial charge in [-0.2, -0.15) is 0 Å². The van der Waals surface area contributed by atoms with Gasteiger partial charge in [0.05, 0.1) is 5.92 Å². The molecule has 1 aliphatic rings. The molecule has 0 spiro atoms. The van der Waals surface area contributed by atoms with Crippen molar-refractivity contribution in [3.63, 3.8) is 0 Å². The maximum absolute atomic E-state index is 13.1. The van der Waals surface area contributed by atoms with Crippen molar-refractivity contribution < 1.29 is 9.59 Å². The van der Waals surface area contributed by atoms with E-state index in [4.69, 9.17) is 0 Å². The van der Waals surface area contributed by atoms with E-state index in [1.165, 1.54) is 0 Å². The number of carbonyl (C=O) groups is 2. The van der Waals surface area contributed by atoms with E-state index in [0.717, 1.165) is 26.7 Å². The fourth-order valence-corrected chi connectivity index (χ4v) is 4.20. The monoisotopic (exact) mass is 456 g/mol. The summed E-state index contributed by atoms with van der Waals surface area (Å²) in [6.45, 7) is 0. The number of carbonyl (C=O) groups excluding carboxylic acids is 2. The third-order valence-corrected chi connectivity index (χ3v) is 5.98. The number of benzene rings is 3. The lowest BCUT2D eigenvalue weighted by atomic mass is 9.72. The molecule has 2 unspecified atom stereocenters. The average Bonchev–Trinajstić information content (AvgIpc) is 2.79. The minimum Gasteiger partial charge on any atom is -0.294 e. The van der Waals surface area contributed by atoms with E-state index in [1.54, 1.807) is 18.2 Å². The zero-order valence-corrected chi connectivity index (χ0v) is 18.0. The summed E-state index contributed by atoms with van der Waals surface area (Å²) in [5.41, 5.74) is 3.95. The van der Waals surface area contributed by atoms with Crippen LogP contribution in [0.2, 0.25) is 0 Å². The predicted octanol–water partition coefficient (Wildman–Crippen LogP) is 6.49. The molecule has 0 radical (unpaired) electrons. The first-order chi connectivity index (χ1) is 14.6. The van der Waals surface area contributed by atoms with Crippen LogP contribution >= 0.6 is 15.9 Å². The second-order valence-corrected chi connectivity index (χ2v) is 8.34. The highest BCUT2D eigenvalue weighted by Crippen LogP contribution is 2.40. The van der Waals surface area contributed by atoms with Gasteiger partial charge in [-0.1, -0.05) is 94.8 Å².